The number of ether oxygens (including phenoxy) is 1. The van der Waals surface area contributed by atoms with Crippen molar-refractivity contribution in [2.24, 2.45) is 0 Å². The van der Waals surface area contributed by atoms with Gasteiger partial charge < -0.3 is 15.0 Å². The number of aryl methyl sites for hydroxylation is 1. The van der Waals surface area contributed by atoms with Crippen LogP contribution in [0.5, 0.6) is 5.88 Å². The fourth-order valence-electron chi connectivity index (χ4n) is 2.16. The smallest absolute Gasteiger partial charge is 0.242 e. The average molecular weight is 369 g/mol. The standard InChI is InChI=1S/C16H18Cl2N4O2/c1-22(2)15-14(16(24-3)20-9-19-15)21-12(23)8-7-10-5-4-6-11(17)13(10)18/h4-6,9H,7-8H2,1-3H3,(H,21,23). The first-order valence-electron chi connectivity index (χ1n) is 7.23. The molecule has 0 spiro atoms. The lowest BCUT2D eigenvalue weighted by molar-refractivity contribution is -0.116. The molecule has 2 aromatic rings. The summed E-state index contributed by atoms with van der Waals surface area (Å²) in [5.74, 6) is 0.682. The Hall–Kier alpha value is -2.05. The third-order valence-electron chi connectivity index (χ3n) is 3.33. The summed E-state index contributed by atoms with van der Waals surface area (Å²) in [7, 11) is 5.13. The van der Waals surface area contributed by atoms with E-state index in [1.807, 2.05) is 20.2 Å². The number of hydrogen-bond acceptors (Lipinski definition) is 5. The predicted molar refractivity (Wildman–Crippen MR) is 96.3 cm³/mol. The van der Waals surface area contributed by atoms with Gasteiger partial charge in [-0.05, 0) is 18.1 Å². The topological polar surface area (TPSA) is 67.4 Å². The van der Waals surface area contributed by atoms with Crippen molar-refractivity contribution in [2.45, 2.75) is 12.8 Å². The fourth-order valence-corrected chi connectivity index (χ4v) is 2.57. The summed E-state index contributed by atoms with van der Waals surface area (Å²) < 4.78 is 5.20. The Balaban J connectivity index is 2.11. The molecule has 0 saturated heterocycles. The molecule has 1 aromatic carbocycles. The molecule has 1 N–H and O–H groups in total. The van der Waals surface area contributed by atoms with Crippen LogP contribution in [0.1, 0.15) is 12.0 Å². The number of halogens is 2. The minimum Gasteiger partial charge on any atom is -0.479 e. The van der Waals surface area contributed by atoms with Gasteiger partial charge in [-0.25, -0.2) is 4.98 Å². The van der Waals surface area contributed by atoms with Gasteiger partial charge in [0.1, 0.15) is 12.0 Å². The normalized spacial score (nSPS) is 10.4. The molecule has 128 valence electrons. The zero-order chi connectivity index (χ0) is 17.7. The van der Waals surface area contributed by atoms with Crippen molar-refractivity contribution in [2.75, 3.05) is 31.4 Å². The van der Waals surface area contributed by atoms with Crippen LogP contribution in [-0.4, -0.2) is 37.1 Å². The molecule has 0 bridgehead atoms. The monoisotopic (exact) mass is 368 g/mol. The van der Waals surface area contributed by atoms with Crippen molar-refractivity contribution < 1.29 is 9.53 Å². The van der Waals surface area contributed by atoms with Crippen molar-refractivity contribution in [3.05, 3.63) is 40.1 Å². The van der Waals surface area contributed by atoms with Crippen molar-refractivity contribution in [3.63, 3.8) is 0 Å². The van der Waals surface area contributed by atoms with Crippen molar-refractivity contribution in [3.8, 4) is 5.88 Å². The number of amides is 1. The maximum Gasteiger partial charge on any atom is 0.242 e. The minimum atomic E-state index is -0.192. The summed E-state index contributed by atoms with van der Waals surface area (Å²) in [5.41, 5.74) is 1.26. The zero-order valence-electron chi connectivity index (χ0n) is 13.6. The Morgan fingerprint density at radius 1 is 1.29 bits per heavy atom. The Labute approximate surface area is 150 Å². The van der Waals surface area contributed by atoms with Gasteiger partial charge in [0, 0.05) is 20.5 Å². The molecule has 2 rings (SSSR count). The lowest BCUT2D eigenvalue weighted by atomic mass is 10.1. The van der Waals surface area contributed by atoms with E-state index in [0.29, 0.717) is 33.9 Å². The van der Waals surface area contributed by atoms with E-state index in [4.69, 9.17) is 27.9 Å². The van der Waals surface area contributed by atoms with E-state index in [9.17, 15) is 4.79 Å². The zero-order valence-corrected chi connectivity index (χ0v) is 15.1. The number of carbonyl (C=O) groups excluding carboxylic acids is 1. The molecule has 1 aromatic heterocycles. The molecule has 0 radical (unpaired) electrons. The van der Waals surface area contributed by atoms with Gasteiger partial charge in [0.15, 0.2) is 5.82 Å². The number of benzene rings is 1. The van der Waals surface area contributed by atoms with Crippen LogP contribution in [0, 0.1) is 0 Å². The highest BCUT2D eigenvalue weighted by molar-refractivity contribution is 6.42. The van der Waals surface area contributed by atoms with Crippen LogP contribution >= 0.6 is 23.2 Å². The first-order chi connectivity index (χ1) is 11.4. The third kappa shape index (κ3) is 4.27. The molecule has 0 aliphatic carbocycles. The Morgan fingerprint density at radius 3 is 2.71 bits per heavy atom. The minimum absolute atomic E-state index is 0.192. The SMILES string of the molecule is COc1ncnc(N(C)C)c1NC(=O)CCc1cccc(Cl)c1Cl. The summed E-state index contributed by atoms with van der Waals surface area (Å²) in [6, 6.07) is 5.36. The molecule has 0 fully saturated rings. The Morgan fingerprint density at radius 2 is 2.04 bits per heavy atom. The average Bonchev–Trinajstić information content (AvgIpc) is 2.56. The molecule has 1 amide bonds. The van der Waals surface area contributed by atoms with Crippen LogP contribution in [0.2, 0.25) is 10.0 Å². The second-order valence-electron chi connectivity index (χ2n) is 5.24. The lowest BCUT2D eigenvalue weighted by Crippen LogP contribution is -2.19. The van der Waals surface area contributed by atoms with Crippen LogP contribution in [0.15, 0.2) is 24.5 Å². The van der Waals surface area contributed by atoms with Gasteiger partial charge in [-0.1, -0.05) is 35.3 Å². The highest BCUT2D eigenvalue weighted by Gasteiger charge is 2.17. The molecule has 0 atom stereocenters. The Kier molecular flexibility index (Phi) is 6.23. The van der Waals surface area contributed by atoms with Gasteiger partial charge in [0.2, 0.25) is 11.8 Å². The first kappa shape index (κ1) is 18.3. The Bertz CT molecular complexity index is 738. The number of nitrogens with zero attached hydrogens (tertiary/aromatic N) is 3. The summed E-state index contributed by atoms with van der Waals surface area (Å²) in [6.07, 6.45) is 2.10. The van der Waals surface area contributed by atoms with Crippen LogP contribution in [0.3, 0.4) is 0 Å². The number of carbonyl (C=O) groups is 1. The number of methoxy groups -OCH3 is 1. The van der Waals surface area contributed by atoms with Gasteiger partial charge >= 0.3 is 0 Å². The largest absolute Gasteiger partial charge is 0.479 e. The van der Waals surface area contributed by atoms with E-state index < -0.39 is 0 Å². The molecular weight excluding hydrogens is 351 g/mol. The maximum absolute atomic E-state index is 12.3. The van der Waals surface area contributed by atoms with Crippen molar-refractivity contribution >= 4 is 40.6 Å². The van der Waals surface area contributed by atoms with E-state index in [0.717, 1.165) is 5.56 Å². The summed E-state index contributed by atoms with van der Waals surface area (Å²) in [6.45, 7) is 0. The van der Waals surface area contributed by atoms with Gasteiger partial charge in [-0.15, -0.1) is 0 Å². The molecule has 8 heteroatoms. The summed E-state index contributed by atoms with van der Waals surface area (Å²) in [5, 5.41) is 3.76. The van der Waals surface area contributed by atoms with Crippen LogP contribution in [0.25, 0.3) is 0 Å². The second kappa shape index (κ2) is 8.17. The van der Waals surface area contributed by atoms with E-state index in [2.05, 4.69) is 15.3 Å². The first-order valence-corrected chi connectivity index (χ1v) is 7.98. The third-order valence-corrected chi connectivity index (χ3v) is 4.18. The number of anilines is 2. The number of aromatic nitrogens is 2. The molecule has 0 aliphatic rings. The summed E-state index contributed by atoms with van der Waals surface area (Å²) >= 11 is 12.1. The number of hydrogen-bond donors (Lipinski definition) is 1. The molecule has 0 aliphatic heterocycles. The molecule has 24 heavy (non-hydrogen) atoms. The lowest BCUT2D eigenvalue weighted by Gasteiger charge is -2.18. The molecule has 6 nitrogen and oxygen atoms in total. The van der Waals surface area contributed by atoms with Crippen LogP contribution in [0.4, 0.5) is 11.5 Å². The van der Waals surface area contributed by atoms with Gasteiger partial charge in [0.25, 0.3) is 0 Å². The van der Waals surface area contributed by atoms with E-state index in [1.54, 1.807) is 17.0 Å². The van der Waals surface area contributed by atoms with E-state index in [1.165, 1.54) is 13.4 Å². The fraction of sp³-hybridized carbons (Fsp3) is 0.312. The van der Waals surface area contributed by atoms with Gasteiger partial charge in [-0.3, -0.25) is 4.79 Å². The second-order valence-corrected chi connectivity index (χ2v) is 6.02. The van der Waals surface area contributed by atoms with Crippen molar-refractivity contribution in [1.82, 2.24) is 9.97 Å². The van der Waals surface area contributed by atoms with Gasteiger partial charge in [0.05, 0.1) is 17.2 Å². The van der Waals surface area contributed by atoms with E-state index >= 15 is 0 Å². The number of rotatable bonds is 6. The van der Waals surface area contributed by atoms with Crippen LogP contribution < -0.4 is 15.0 Å². The van der Waals surface area contributed by atoms with Gasteiger partial charge in [-0.2, -0.15) is 4.98 Å². The number of nitrogens with one attached hydrogen (secondary N) is 1. The van der Waals surface area contributed by atoms with E-state index in [-0.39, 0.29) is 12.3 Å². The maximum atomic E-state index is 12.3. The summed E-state index contributed by atoms with van der Waals surface area (Å²) in [4.78, 5) is 22.3. The molecular formula is C16H18Cl2N4O2. The highest BCUT2D eigenvalue weighted by atomic mass is 35.5. The quantitative estimate of drug-likeness (QED) is 0.845. The highest BCUT2D eigenvalue weighted by Crippen LogP contribution is 2.30. The molecule has 0 saturated carbocycles. The van der Waals surface area contributed by atoms with Crippen LogP contribution in [-0.2, 0) is 11.2 Å². The predicted octanol–water partition coefficient (Wildman–Crippen LogP) is 3.43. The molecule has 1 heterocycles. The molecule has 0 unspecified atom stereocenters. The van der Waals surface area contributed by atoms with Crippen molar-refractivity contribution in [1.29, 1.82) is 0 Å².